The van der Waals surface area contributed by atoms with Crippen LogP contribution in [0.5, 0.6) is 0 Å². The van der Waals surface area contributed by atoms with Gasteiger partial charge in [-0.3, -0.25) is 0 Å². The van der Waals surface area contributed by atoms with E-state index in [2.05, 4.69) is 37.1 Å². The number of hydrogen-bond acceptors (Lipinski definition) is 2. The van der Waals surface area contributed by atoms with E-state index in [0.29, 0.717) is 5.41 Å². The molecule has 1 aromatic rings. The van der Waals surface area contributed by atoms with E-state index < -0.39 is 0 Å². The zero-order chi connectivity index (χ0) is 10.6. The topological polar surface area (TPSA) is 24.9 Å². The van der Waals surface area contributed by atoms with Gasteiger partial charge in [0.2, 0.25) is 0 Å². The van der Waals surface area contributed by atoms with Crippen LogP contribution in [0.25, 0.3) is 0 Å². The number of aromatic nitrogens is 1. The first-order valence-corrected chi connectivity index (χ1v) is 5.20. The zero-order valence-corrected chi connectivity index (χ0v) is 9.59. The quantitative estimate of drug-likeness (QED) is 0.793. The minimum atomic E-state index is 0.378. The van der Waals surface area contributed by atoms with Crippen molar-refractivity contribution in [1.82, 2.24) is 4.98 Å². The van der Waals surface area contributed by atoms with Gasteiger partial charge in [-0.2, -0.15) is 0 Å². The molecule has 0 aliphatic carbocycles. The standard InChI is InChI=1S/C12H20N2/c1-5-12(2,3)8-10-6-7-11(13-4)14-9-10/h6-7,9H,5,8H2,1-4H3,(H,13,14). The zero-order valence-electron chi connectivity index (χ0n) is 9.59. The van der Waals surface area contributed by atoms with Gasteiger partial charge in [-0.25, -0.2) is 4.98 Å². The molecule has 0 bridgehead atoms. The van der Waals surface area contributed by atoms with Crippen LogP contribution in [0.1, 0.15) is 32.8 Å². The first-order valence-electron chi connectivity index (χ1n) is 5.20. The Labute approximate surface area is 86.8 Å². The van der Waals surface area contributed by atoms with E-state index in [0.717, 1.165) is 12.2 Å². The van der Waals surface area contributed by atoms with E-state index in [1.54, 1.807) is 0 Å². The Balaban J connectivity index is 2.69. The summed E-state index contributed by atoms with van der Waals surface area (Å²) in [5.74, 6) is 0.933. The van der Waals surface area contributed by atoms with Gasteiger partial charge in [0.05, 0.1) is 0 Å². The van der Waals surface area contributed by atoms with Crippen LogP contribution in [-0.4, -0.2) is 12.0 Å². The molecule has 14 heavy (non-hydrogen) atoms. The Morgan fingerprint density at radius 2 is 2.07 bits per heavy atom. The Kier molecular flexibility index (Phi) is 3.50. The van der Waals surface area contributed by atoms with Crippen LogP contribution in [0.4, 0.5) is 5.82 Å². The minimum Gasteiger partial charge on any atom is -0.373 e. The monoisotopic (exact) mass is 192 g/mol. The first kappa shape index (κ1) is 11.0. The van der Waals surface area contributed by atoms with Crippen LogP contribution in [0, 0.1) is 5.41 Å². The Morgan fingerprint density at radius 3 is 2.50 bits per heavy atom. The van der Waals surface area contributed by atoms with E-state index in [-0.39, 0.29) is 0 Å². The number of anilines is 1. The summed E-state index contributed by atoms with van der Waals surface area (Å²) in [6, 6.07) is 4.18. The summed E-state index contributed by atoms with van der Waals surface area (Å²) in [6.45, 7) is 6.81. The smallest absolute Gasteiger partial charge is 0.125 e. The summed E-state index contributed by atoms with van der Waals surface area (Å²) >= 11 is 0. The molecule has 78 valence electrons. The first-order chi connectivity index (χ1) is 6.57. The number of rotatable bonds is 4. The highest BCUT2D eigenvalue weighted by atomic mass is 14.9. The second-order valence-corrected chi connectivity index (χ2v) is 4.50. The van der Waals surface area contributed by atoms with Crippen molar-refractivity contribution < 1.29 is 0 Å². The molecule has 0 aromatic carbocycles. The summed E-state index contributed by atoms with van der Waals surface area (Å²) < 4.78 is 0. The number of hydrogen-bond donors (Lipinski definition) is 1. The predicted octanol–water partition coefficient (Wildman–Crippen LogP) is 3.10. The van der Waals surface area contributed by atoms with Gasteiger partial charge in [0, 0.05) is 13.2 Å². The van der Waals surface area contributed by atoms with Crippen molar-refractivity contribution in [1.29, 1.82) is 0 Å². The molecule has 0 aliphatic rings. The second-order valence-electron chi connectivity index (χ2n) is 4.50. The molecule has 0 unspecified atom stereocenters. The molecule has 2 nitrogen and oxygen atoms in total. The van der Waals surface area contributed by atoms with Gasteiger partial charge in [-0.05, 0) is 23.5 Å². The van der Waals surface area contributed by atoms with Gasteiger partial charge in [0.15, 0.2) is 0 Å². The fraction of sp³-hybridized carbons (Fsp3) is 0.583. The molecule has 2 heteroatoms. The van der Waals surface area contributed by atoms with E-state index in [4.69, 9.17) is 0 Å². The summed E-state index contributed by atoms with van der Waals surface area (Å²) in [5, 5.41) is 3.02. The fourth-order valence-electron chi connectivity index (χ4n) is 1.35. The average Bonchev–Trinajstić information content (AvgIpc) is 2.19. The van der Waals surface area contributed by atoms with Gasteiger partial charge >= 0.3 is 0 Å². The highest BCUT2D eigenvalue weighted by Crippen LogP contribution is 2.25. The van der Waals surface area contributed by atoms with Gasteiger partial charge in [0.1, 0.15) is 5.82 Å². The molecular weight excluding hydrogens is 172 g/mol. The third-order valence-corrected chi connectivity index (χ3v) is 2.72. The van der Waals surface area contributed by atoms with Gasteiger partial charge < -0.3 is 5.32 Å². The summed E-state index contributed by atoms with van der Waals surface area (Å²) in [4.78, 5) is 4.30. The SMILES string of the molecule is CCC(C)(C)Cc1ccc(NC)nc1. The average molecular weight is 192 g/mol. The fourth-order valence-corrected chi connectivity index (χ4v) is 1.35. The van der Waals surface area contributed by atoms with Crippen LogP contribution < -0.4 is 5.32 Å². The van der Waals surface area contributed by atoms with Crippen molar-refractivity contribution in [2.24, 2.45) is 5.41 Å². The normalized spacial score (nSPS) is 11.4. The Bertz CT molecular complexity index is 275. The van der Waals surface area contributed by atoms with Crippen LogP contribution in [0.2, 0.25) is 0 Å². The molecule has 0 aliphatic heterocycles. The predicted molar refractivity (Wildman–Crippen MR) is 61.6 cm³/mol. The third kappa shape index (κ3) is 3.02. The van der Waals surface area contributed by atoms with E-state index in [1.165, 1.54) is 12.0 Å². The van der Waals surface area contributed by atoms with Crippen molar-refractivity contribution in [2.45, 2.75) is 33.6 Å². The molecule has 0 saturated heterocycles. The van der Waals surface area contributed by atoms with Crippen molar-refractivity contribution in [3.63, 3.8) is 0 Å². The van der Waals surface area contributed by atoms with Crippen molar-refractivity contribution in [3.8, 4) is 0 Å². The van der Waals surface area contributed by atoms with Crippen LogP contribution in [0.15, 0.2) is 18.3 Å². The lowest BCUT2D eigenvalue weighted by molar-refractivity contribution is 0.349. The maximum absolute atomic E-state index is 4.30. The summed E-state index contributed by atoms with van der Waals surface area (Å²) in [6.07, 6.45) is 4.25. The number of nitrogens with one attached hydrogen (secondary N) is 1. The Hall–Kier alpha value is -1.05. The second kappa shape index (κ2) is 4.45. The molecule has 0 amide bonds. The van der Waals surface area contributed by atoms with Gasteiger partial charge in [-0.1, -0.05) is 33.3 Å². The van der Waals surface area contributed by atoms with E-state index >= 15 is 0 Å². The molecular formula is C12H20N2. The molecule has 1 aromatic heterocycles. The molecule has 0 fully saturated rings. The largest absolute Gasteiger partial charge is 0.373 e. The van der Waals surface area contributed by atoms with Gasteiger partial charge in [-0.15, -0.1) is 0 Å². The van der Waals surface area contributed by atoms with Crippen LogP contribution >= 0.6 is 0 Å². The highest BCUT2D eigenvalue weighted by Gasteiger charge is 2.15. The minimum absolute atomic E-state index is 0.378. The lowest BCUT2D eigenvalue weighted by atomic mass is 9.84. The van der Waals surface area contributed by atoms with Crippen LogP contribution in [0.3, 0.4) is 0 Å². The summed E-state index contributed by atoms with van der Waals surface area (Å²) in [5.41, 5.74) is 1.69. The molecule has 0 radical (unpaired) electrons. The Morgan fingerprint density at radius 1 is 1.36 bits per heavy atom. The molecule has 0 atom stereocenters. The van der Waals surface area contributed by atoms with Crippen molar-refractivity contribution in [2.75, 3.05) is 12.4 Å². The molecule has 0 saturated carbocycles. The molecule has 1 heterocycles. The van der Waals surface area contributed by atoms with E-state index in [1.807, 2.05) is 19.3 Å². The molecule has 1 N–H and O–H groups in total. The van der Waals surface area contributed by atoms with Crippen molar-refractivity contribution in [3.05, 3.63) is 23.9 Å². The van der Waals surface area contributed by atoms with Gasteiger partial charge in [0.25, 0.3) is 0 Å². The maximum Gasteiger partial charge on any atom is 0.125 e. The number of pyridine rings is 1. The summed E-state index contributed by atoms with van der Waals surface area (Å²) in [7, 11) is 1.89. The van der Waals surface area contributed by atoms with Crippen LogP contribution in [-0.2, 0) is 6.42 Å². The molecule has 1 rings (SSSR count). The maximum atomic E-state index is 4.30. The number of nitrogens with zero attached hydrogens (tertiary/aromatic N) is 1. The third-order valence-electron chi connectivity index (χ3n) is 2.72. The molecule has 0 spiro atoms. The highest BCUT2D eigenvalue weighted by molar-refractivity contribution is 5.34. The lowest BCUT2D eigenvalue weighted by Crippen LogP contribution is -2.13. The van der Waals surface area contributed by atoms with Crippen molar-refractivity contribution >= 4 is 5.82 Å². The van der Waals surface area contributed by atoms with E-state index in [9.17, 15) is 0 Å². The lowest BCUT2D eigenvalue weighted by Gasteiger charge is -2.22.